The van der Waals surface area contributed by atoms with Crippen molar-refractivity contribution in [3.05, 3.63) is 60.2 Å². The van der Waals surface area contributed by atoms with Gasteiger partial charge in [0, 0.05) is 25.0 Å². The maximum Gasteiger partial charge on any atom is 0.246 e. The lowest BCUT2D eigenvalue weighted by atomic mass is 10.0. The van der Waals surface area contributed by atoms with Gasteiger partial charge in [-0.2, -0.15) is 0 Å². The summed E-state index contributed by atoms with van der Waals surface area (Å²) in [4.78, 5) is 17.4. The van der Waals surface area contributed by atoms with Crippen molar-refractivity contribution in [2.45, 2.75) is 26.8 Å². The van der Waals surface area contributed by atoms with Crippen molar-refractivity contribution in [1.29, 1.82) is 0 Å². The molecular formula is C21H29N3O. The number of hydrogen-bond donors (Lipinski definition) is 1. The topological polar surface area (TPSA) is 35.6 Å². The first-order valence-electron chi connectivity index (χ1n) is 9.01. The molecule has 0 saturated carbocycles. The van der Waals surface area contributed by atoms with E-state index < -0.39 is 0 Å². The van der Waals surface area contributed by atoms with Gasteiger partial charge in [0.2, 0.25) is 5.91 Å². The van der Waals surface area contributed by atoms with Crippen LogP contribution in [0, 0.1) is 0 Å². The first-order chi connectivity index (χ1) is 12.1. The van der Waals surface area contributed by atoms with Crippen LogP contribution in [0.2, 0.25) is 0 Å². The van der Waals surface area contributed by atoms with Crippen LogP contribution < -0.4 is 10.2 Å². The fraction of sp³-hybridized carbons (Fsp3) is 0.381. The maximum absolute atomic E-state index is 13.1. The molecule has 0 fully saturated rings. The number of carbonyl (C=O) groups excluding carboxylic acids is 1. The third-order valence-corrected chi connectivity index (χ3v) is 4.57. The van der Waals surface area contributed by atoms with Gasteiger partial charge in [-0.05, 0) is 43.8 Å². The molecule has 25 heavy (non-hydrogen) atoms. The SMILES string of the molecule is CCN(C)c1cccc(NC(=O)C(c2ccccc2)N(CC)CC)c1. The lowest BCUT2D eigenvalue weighted by molar-refractivity contribution is -0.121. The number of carbonyl (C=O) groups is 1. The standard InChI is InChI=1S/C21H29N3O/c1-5-23(4)19-15-11-14-18(16-19)22-21(25)20(24(6-2)7-3)17-12-9-8-10-13-17/h8-16,20H,5-7H2,1-4H3,(H,22,25). The van der Waals surface area contributed by atoms with Crippen LogP contribution in [0.5, 0.6) is 0 Å². The van der Waals surface area contributed by atoms with E-state index in [1.807, 2.05) is 55.6 Å². The van der Waals surface area contributed by atoms with Crippen molar-refractivity contribution in [1.82, 2.24) is 4.90 Å². The van der Waals surface area contributed by atoms with Crippen LogP contribution in [0.3, 0.4) is 0 Å². The number of benzene rings is 2. The second-order valence-electron chi connectivity index (χ2n) is 6.09. The molecule has 1 N–H and O–H groups in total. The summed E-state index contributed by atoms with van der Waals surface area (Å²) in [7, 11) is 2.05. The van der Waals surface area contributed by atoms with Gasteiger partial charge in [0.25, 0.3) is 0 Å². The van der Waals surface area contributed by atoms with E-state index in [4.69, 9.17) is 0 Å². The quantitative estimate of drug-likeness (QED) is 0.784. The van der Waals surface area contributed by atoms with Crippen LogP contribution in [0.15, 0.2) is 54.6 Å². The highest BCUT2D eigenvalue weighted by molar-refractivity contribution is 5.96. The minimum absolute atomic E-state index is 0.00574. The molecule has 1 unspecified atom stereocenters. The van der Waals surface area contributed by atoms with Gasteiger partial charge in [-0.25, -0.2) is 0 Å². The van der Waals surface area contributed by atoms with Gasteiger partial charge in [0.05, 0.1) is 0 Å². The summed E-state index contributed by atoms with van der Waals surface area (Å²) < 4.78 is 0. The van der Waals surface area contributed by atoms with E-state index in [9.17, 15) is 4.79 Å². The van der Waals surface area contributed by atoms with Crippen LogP contribution >= 0.6 is 0 Å². The third-order valence-electron chi connectivity index (χ3n) is 4.57. The summed E-state index contributed by atoms with van der Waals surface area (Å²) in [5.74, 6) is 0.00574. The zero-order chi connectivity index (χ0) is 18.2. The minimum Gasteiger partial charge on any atom is -0.375 e. The van der Waals surface area contributed by atoms with Crippen LogP contribution in [0.1, 0.15) is 32.4 Å². The van der Waals surface area contributed by atoms with E-state index in [0.717, 1.165) is 36.6 Å². The van der Waals surface area contributed by atoms with Gasteiger partial charge in [0.15, 0.2) is 0 Å². The number of rotatable bonds is 8. The Morgan fingerprint density at radius 1 is 0.960 bits per heavy atom. The predicted molar refractivity (Wildman–Crippen MR) is 106 cm³/mol. The number of anilines is 2. The van der Waals surface area contributed by atoms with E-state index in [0.29, 0.717) is 0 Å². The van der Waals surface area contributed by atoms with E-state index >= 15 is 0 Å². The molecule has 134 valence electrons. The summed E-state index contributed by atoms with van der Waals surface area (Å²) in [6.07, 6.45) is 0. The number of likely N-dealkylation sites (N-methyl/N-ethyl adjacent to an activating group) is 1. The first-order valence-corrected chi connectivity index (χ1v) is 9.01. The fourth-order valence-corrected chi connectivity index (χ4v) is 2.97. The highest BCUT2D eigenvalue weighted by atomic mass is 16.2. The van der Waals surface area contributed by atoms with Crippen molar-refractivity contribution in [3.63, 3.8) is 0 Å². The lowest BCUT2D eigenvalue weighted by Crippen LogP contribution is -2.37. The van der Waals surface area contributed by atoms with Gasteiger partial charge in [-0.1, -0.05) is 50.2 Å². The minimum atomic E-state index is -0.288. The average Bonchev–Trinajstić information content (AvgIpc) is 2.66. The van der Waals surface area contributed by atoms with Crippen LogP contribution in [0.25, 0.3) is 0 Å². The Morgan fingerprint density at radius 3 is 2.24 bits per heavy atom. The van der Waals surface area contributed by atoms with Crippen molar-refractivity contribution >= 4 is 17.3 Å². The number of nitrogens with one attached hydrogen (secondary N) is 1. The monoisotopic (exact) mass is 339 g/mol. The molecule has 0 radical (unpaired) electrons. The smallest absolute Gasteiger partial charge is 0.246 e. The Bertz CT molecular complexity index is 668. The number of amides is 1. The lowest BCUT2D eigenvalue weighted by Gasteiger charge is -2.29. The highest BCUT2D eigenvalue weighted by Gasteiger charge is 2.25. The molecule has 1 atom stereocenters. The molecule has 1 amide bonds. The van der Waals surface area contributed by atoms with Crippen molar-refractivity contribution in [2.24, 2.45) is 0 Å². The molecule has 4 nitrogen and oxygen atoms in total. The zero-order valence-corrected chi connectivity index (χ0v) is 15.7. The van der Waals surface area contributed by atoms with Crippen LogP contribution in [-0.2, 0) is 4.79 Å². The summed E-state index contributed by atoms with van der Waals surface area (Å²) in [5, 5.41) is 3.10. The summed E-state index contributed by atoms with van der Waals surface area (Å²) in [5.41, 5.74) is 2.95. The van der Waals surface area contributed by atoms with E-state index in [1.165, 1.54) is 0 Å². The Balaban J connectivity index is 2.25. The van der Waals surface area contributed by atoms with Crippen molar-refractivity contribution in [3.8, 4) is 0 Å². The zero-order valence-electron chi connectivity index (χ0n) is 15.7. The van der Waals surface area contributed by atoms with Crippen molar-refractivity contribution < 1.29 is 4.79 Å². The van der Waals surface area contributed by atoms with Crippen LogP contribution in [0.4, 0.5) is 11.4 Å². The van der Waals surface area contributed by atoms with E-state index in [2.05, 4.69) is 42.0 Å². The van der Waals surface area contributed by atoms with Gasteiger partial charge < -0.3 is 10.2 Å². The largest absolute Gasteiger partial charge is 0.375 e. The van der Waals surface area contributed by atoms with Crippen molar-refractivity contribution in [2.75, 3.05) is 36.9 Å². The summed E-state index contributed by atoms with van der Waals surface area (Å²) in [6.45, 7) is 8.85. The van der Waals surface area contributed by atoms with E-state index in [-0.39, 0.29) is 11.9 Å². The molecule has 0 heterocycles. The van der Waals surface area contributed by atoms with E-state index in [1.54, 1.807) is 0 Å². The second-order valence-corrected chi connectivity index (χ2v) is 6.09. The molecular weight excluding hydrogens is 310 g/mol. The molecule has 2 rings (SSSR count). The van der Waals surface area contributed by atoms with Gasteiger partial charge >= 0.3 is 0 Å². The second kappa shape index (κ2) is 9.23. The molecule has 2 aromatic rings. The fourth-order valence-electron chi connectivity index (χ4n) is 2.97. The molecule has 0 spiro atoms. The molecule has 2 aromatic carbocycles. The molecule has 0 saturated heterocycles. The first kappa shape index (κ1) is 19.0. The summed E-state index contributed by atoms with van der Waals surface area (Å²) in [6, 6.07) is 17.7. The van der Waals surface area contributed by atoms with Gasteiger partial charge in [0.1, 0.15) is 6.04 Å². The Morgan fingerprint density at radius 2 is 1.64 bits per heavy atom. The molecule has 0 aliphatic carbocycles. The Labute approximate surface area is 151 Å². The molecule has 0 bridgehead atoms. The highest BCUT2D eigenvalue weighted by Crippen LogP contribution is 2.24. The molecule has 0 aliphatic rings. The van der Waals surface area contributed by atoms with Gasteiger partial charge in [-0.3, -0.25) is 9.69 Å². The third kappa shape index (κ3) is 4.83. The molecule has 0 aromatic heterocycles. The Hall–Kier alpha value is -2.33. The average molecular weight is 339 g/mol. The predicted octanol–water partition coefficient (Wildman–Crippen LogP) is 4.16. The molecule has 0 aliphatic heterocycles. The van der Waals surface area contributed by atoms with Crippen LogP contribution in [-0.4, -0.2) is 37.5 Å². The normalized spacial score (nSPS) is 12.0. The summed E-state index contributed by atoms with van der Waals surface area (Å²) >= 11 is 0. The van der Waals surface area contributed by atoms with Gasteiger partial charge in [-0.15, -0.1) is 0 Å². The maximum atomic E-state index is 13.1. The molecule has 4 heteroatoms. The number of hydrogen-bond acceptors (Lipinski definition) is 3. The Kier molecular flexibility index (Phi) is 7.02. The number of nitrogens with zero attached hydrogens (tertiary/aromatic N) is 2.